The third kappa shape index (κ3) is 3.97. The average molecular weight is 344 g/mol. The van der Waals surface area contributed by atoms with E-state index in [0.717, 1.165) is 23.3 Å². The standard InChI is InChI=1S/C24H24O2/c1-3-23(18-8-6-5-7-9-18)24(19-10-14-21(25)15-11-19)20-12-16-22(17-13-20)26-4-2/h5-17,25H,3-4H2,1-2H3/b24-23-. The normalized spacial score (nSPS) is 11.8. The Balaban J connectivity index is 2.18. The topological polar surface area (TPSA) is 29.5 Å². The fraction of sp³-hybridized carbons (Fsp3) is 0.167. The number of hydrogen-bond acceptors (Lipinski definition) is 2. The molecule has 0 saturated carbocycles. The van der Waals surface area contributed by atoms with Crippen LogP contribution in [0.4, 0.5) is 0 Å². The molecule has 0 aromatic heterocycles. The fourth-order valence-electron chi connectivity index (χ4n) is 3.19. The molecule has 0 amide bonds. The summed E-state index contributed by atoms with van der Waals surface area (Å²) in [7, 11) is 0. The van der Waals surface area contributed by atoms with Gasteiger partial charge in [0.1, 0.15) is 11.5 Å². The number of ether oxygens (including phenoxy) is 1. The van der Waals surface area contributed by atoms with E-state index in [1.54, 1.807) is 12.1 Å². The van der Waals surface area contributed by atoms with Crippen LogP contribution in [0.15, 0.2) is 78.9 Å². The first-order valence-electron chi connectivity index (χ1n) is 9.04. The summed E-state index contributed by atoms with van der Waals surface area (Å²) in [6.07, 6.45) is 0.910. The molecule has 0 radical (unpaired) electrons. The SMILES string of the molecule is CCOc1ccc(/C(=C(/CC)c2ccccc2)c2ccc(O)cc2)cc1. The van der Waals surface area contributed by atoms with Gasteiger partial charge in [-0.05, 0) is 65.4 Å². The second-order valence-electron chi connectivity index (χ2n) is 6.08. The van der Waals surface area contributed by atoms with Crippen LogP contribution in [-0.4, -0.2) is 11.7 Å². The lowest BCUT2D eigenvalue weighted by Gasteiger charge is -2.17. The zero-order valence-electron chi connectivity index (χ0n) is 15.3. The maximum absolute atomic E-state index is 9.68. The summed E-state index contributed by atoms with van der Waals surface area (Å²) >= 11 is 0. The Bertz CT molecular complexity index is 860. The average Bonchev–Trinajstić information content (AvgIpc) is 2.69. The van der Waals surface area contributed by atoms with E-state index in [1.165, 1.54) is 16.7 Å². The Hall–Kier alpha value is -3.00. The largest absolute Gasteiger partial charge is 0.508 e. The first kappa shape index (κ1) is 17.8. The van der Waals surface area contributed by atoms with E-state index in [9.17, 15) is 5.11 Å². The van der Waals surface area contributed by atoms with Crippen molar-refractivity contribution in [1.29, 1.82) is 0 Å². The van der Waals surface area contributed by atoms with Gasteiger partial charge in [-0.2, -0.15) is 0 Å². The van der Waals surface area contributed by atoms with Gasteiger partial charge in [-0.25, -0.2) is 0 Å². The van der Waals surface area contributed by atoms with Gasteiger partial charge in [-0.1, -0.05) is 61.5 Å². The van der Waals surface area contributed by atoms with Crippen LogP contribution in [0.25, 0.3) is 11.1 Å². The molecule has 0 atom stereocenters. The van der Waals surface area contributed by atoms with Crippen molar-refractivity contribution in [2.24, 2.45) is 0 Å². The molecular formula is C24H24O2. The van der Waals surface area contributed by atoms with Gasteiger partial charge in [0, 0.05) is 0 Å². The van der Waals surface area contributed by atoms with E-state index in [4.69, 9.17) is 4.74 Å². The Kier molecular flexibility index (Phi) is 5.75. The van der Waals surface area contributed by atoms with Crippen molar-refractivity contribution in [1.82, 2.24) is 0 Å². The minimum absolute atomic E-state index is 0.276. The van der Waals surface area contributed by atoms with E-state index >= 15 is 0 Å². The van der Waals surface area contributed by atoms with Crippen molar-refractivity contribution in [2.75, 3.05) is 6.61 Å². The van der Waals surface area contributed by atoms with E-state index in [-0.39, 0.29) is 5.75 Å². The fourth-order valence-corrected chi connectivity index (χ4v) is 3.19. The summed E-state index contributed by atoms with van der Waals surface area (Å²) in [5.41, 5.74) is 5.90. The summed E-state index contributed by atoms with van der Waals surface area (Å²) < 4.78 is 5.58. The first-order chi connectivity index (χ1) is 12.7. The molecule has 3 aromatic carbocycles. The van der Waals surface area contributed by atoms with Gasteiger partial charge in [0.05, 0.1) is 6.61 Å². The Labute approximate surface area is 155 Å². The number of rotatable bonds is 6. The van der Waals surface area contributed by atoms with Crippen molar-refractivity contribution in [2.45, 2.75) is 20.3 Å². The third-order valence-corrected chi connectivity index (χ3v) is 4.39. The smallest absolute Gasteiger partial charge is 0.119 e. The van der Waals surface area contributed by atoms with Crippen LogP contribution in [0, 0.1) is 0 Å². The van der Waals surface area contributed by atoms with Gasteiger partial charge in [0.25, 0.3) is 0 Å². The lowest BCUT2D eigenvalue weighted by atomic mass is 9.88. The van der Waals surface area contributed by atoms with E-state index in [0.29, 0.717) is 6.61 Å². The second-order valence-corrected chi connectivity index (χ2v) is 6.08. The van der Waals surface area contributed by atoms with Crippen molar-refractivity contribution in [3.05, 3.63) is 95.6 Å². The van der Waals surface area contributed by atoms with Crippen LogP contribution in [0.1, 0.15) is 37.0 Å². The quantitative estimate of drug-likeness (QED) is 0.543. The van der Waals surface area contributed by atoms with Crippen molar-refractivity contribution < 1.29 is 9.84 Å². The summed E-state index contributed by atoms with van der Waals surface area (Å²) in [4.78, 5) is 0. The summed E-state index contributed by atoms with van der Waals surface area (Å²) in [6.45, 7) is 4.82. The maximum atomic E-state index is 9.68. The van der Waals surface area contributed by atoms with Crippen LogP contribution in [0.5, 0.6) is 11.5 Å². The van der Waals surface area contributed by atoms with Crippen LogP contribution in [0.2, 0.25) is 0 Å². The molecule has 0 unspecified atom stereocenters. The molecule has 0 heterocycles. The molecule has 2 heteroatoms. The van der Waals surface area contributed by atoms with Gasteiger partial charge >= 0.3 is 0 Å². The van der Waals surface area contributed by atoms with Crippen LogP contribution in [0.3, 0.4) is 0 Å². The molecule has 0 aliphatic heterocycles. The van der Waals surface area contributed by atoms with E-state index in [2.05, 4.69) is 43.3 Å². The van der Waals surface area contributed by atoms with E-state index < -0.39 is 0 Å². The summed E-state index contributed by atoms with van der Waals surface area (Å²) in [5.74, 6) is 1.15. The molecule has 3 rings (SSSR count). The van der Waals surface area contributed by atoms with Crippen LogP contribution in [-0.2, 0) is 0 Å². The molecule has 0 bridgehead atoms. The predicted molar refractivity (Wildman–Crippen MR) is 108 cm³/mol. The molecule has 132 valence electrons. The highest BCUT2D eigenvalue weighted by atomic mass is 16.5. The molecular weight excluding hydrogens is 320 g/mol. The molecule has 0 fully saturated rings. The number of benzene rings is 3. The maximum Gasteiger partial charge on any atom is 0.119 e. The molecule has 0 spiro atoms. The van der Waals surface area contributed by atoms with Crippen molar-refractivity contribution in [3.8, 4) is 11.5 Å². The lowest BCUT2D eigenvalue weighted by molar-refractivity contribution is 0.340. The highest BCUT2D eigenvalue weighted by molar-refractivity contribution is 5.98. The zero-order valence-corrected chi connectivity index (χ0v) is 15.3. The zero-order chi connectivity index (χ0) is 18.4. The lowest BCUT2D eigenvalue weighted by Crippen LogP contribution is -1.96. The summed E-state index contributed by atoms with van der Waals surface area (Å²) in [6, 6.07) is 26.1. The Morgan fingerprint density at radius 3 is 1.85 bits per heavy atom. The van der Waals surface area contributed by atoms with Gasteiger partial charge in [0.2, 0.25) is 0 Å². The molecule has 2 nitrogen and oxygen atoms in total. The highest BCUT2D eigenvalue weighted by Gasteiger charge is 2.13. The van der Waals surface area contributed by atoms with Crippen molar-refractivity contribution in [3.63, 3.8) is 0 Å². The monoisotopic (exact) mass is 344 g/mol. The van der Waals surface area contributed by atoms with Gasteiger partial charge in [0.15, 0.2) is 0 Å². The minimum atomic E-state index is 0.276. The van der Waals surface area contributed by atoms with Crippen LogP contribution >= 0.6 is 0 Å². The molecule has 0 aliphatic rings. The number of aromatic hydroxyl groups is 1. The predicted octanol–water partition coefficient (Wildman–Crippen LogP) is 6.16. The molecule has 3 aromatic rings. The summed E-state index contributed by atoms with van der Waals surface area (Å²) in [5, 5.41) is 9.68. The molecule has 26 heavy (non-hydrogen) atoms. The number of hydrogen-bond donors (Lipinski definition) is 1. The number of allylic oxidation sites excluding steroid dienone is 1. The van der Waals surface area contributed by atoms with Crippen LogP contribution < -0.4 is 4.74 Å². The Morgan fingerprint density at radius 1 is 0.731 bits per heavy atom. The van der Waals surface area contributed by atoms with Crippen molar-refractivity contribution >= 4 is 11.1 Å². The van der Waals surface area contributed by atoms with E-state index in [1.807, 2.05) is 37.3 Å². The molecule has 0 aliphatic carbocycles. The molecule has 1 N–H and O–H groups in total. The number of phenolic OH excluding ortho intramolecular Hbond substituents is 1. The number of phenols is 1. The third-order valence-electron chi connectivity index (χ3n) is 4.39. The van der Waals surface area contributed by atoms with Gasteiger partial charge < -0.3 is 9.84 Å². The first-order valence-corrected chi connectivity index (χ1v) is 9.04. The highest BCUT2D eigenvalue weighted by Crippen LogP contribution is 2.35. The minimum Gasteiger partial charge on any atom is -0.508 e. The van der Waals surface area contributed by atoms with Gasteiger partial charge in [-0.15, -0.1) is 0 Å². The molecule has 0 saturated heterocycles. The second kappa shape index (κ2) is 8.39. The van der Waals surface area contributed by atoms with Gasteiger partial charge in [-0.3, -0.25) is 0 Å². The Morgan fingerprint density at radius 2 is 1.31 bits per heavy atom.